The predicted octanol–water partition coefficient (Wildman–Crippen LogP) is 4.19. The largest absolute Gasteiger partial charge is 0.503 e. The lowest BCUT2D eigenvalue weighted by atomic mass is 10.1. The molecule has 0 spiro atoms. The molecule has 3 rings (SSSR count). The minimum Gasteiger partial charge on any atom is -0.503 e. The van der Waals surface area contributed by atoms with E-state index in [4.69, 9.17) is 4.74 Å². The molecule has 4 nitrogen and oxygen atoms in total. The minimum atomic E-state index is -0.0101. The maximum Gasteiger partial charge on any atom is 0.182 e. The highest BCUT2D eigenvalue weighted by Gasteiger charge is 2.26. The quantitative estimate of drug-likeness (QED) is 0.843. The third-order valence-corrected chi connectivity index (χ3v) is 4.28. The summed E-state index contributed by atoms with van der Waals surface area (Å²) >= 11 is 0. The number of aromatic nitrogens is 1. The van der Waals surface area contributed by atoms with E-state index in [-0.39, 0.29) is 17.6 Å². The lowest BCUT2D eigenvalue weighted by Gasteiger charge is -2.15. The van der Waals surface area contributed by atoms with Crippen LogP contribution < -0.4 is 4.74 Å². The van der Waals surface area contributed by atoms with E-state index in [1.807, 2.05) is 30.5 Å². The molecule has 1 aromatic heterocycles. The zero-order valence-electron chi connectivity index (χ0n) is 13.7. The van der Waals surface area contributed by atoms with Gasteiger partial charge in [0.1, 0.15) is 0 Å². The normalized spacial score (nSPS) is 13.9. The summed E-state index contributed by atoms with van der Waals surface area (Å²) < 4.78 is 7.65. The molecule has 0 aliphatic heterocycles. The SMILES string of the molecule is C=Cc1c(C(C)=O)c(C)n(-c2cccc(OC3CC3)c2O)c1C. The van der Waals surface area contributed by atoms with Crippen molar-refractivity contribution in [2.45, 2.75) is 39.7 Å². The Hall–Kier alpha value is -2.49. The molecule has 1 N–H and O–H groups in total. The first-order chi connectivity index (χ1) is 11.0. The highest BCUT2D eigenvalue weighted by atomic mass is 16.5. The van der Waals surface area contributed by atoms with E-state index in [1.165, 1.54) is 0 Å². The number of phenols is 1. The zero-order valence-corrected chi connectivity index (χ0v) is 13.7. The number of hydrogen-bond donors (Lipinski definition) is 1. The summed E-state index contributed by atoms with van der Waals surface area (Å²) in [5.41, 5.74) is 3.74. The van der Waals surface area contributed by atoms with Gasteiger partial charge >= 0.3 is 0 Å². The van der Waals surface area contributed by atoms with Crippen molar-refractivity contribution in [3.8, 4) is 17.2 Å². The van der Waals surface area contributed by atoms with Crippen LogP contribution in [0.2, 0.25) is 0 Å². The molecule has 0 atom stereocenters. The standard InChI is InChI=1S/C19H21NO3/c1-5-15-11(2)20(12(3)18(15)13(4)21)16-7-6-8-17(19(16)22)23-14-9-10-14/h5-8,14,22H,1,9-10H2,2-4H3. The molecule has 0 amide bonds. The van der Waals surface area contributed by atoms with Crippen LogP contribution in [0, 0.1) is 13.8 Å². The second-order valence-electron chi connectivity index (χ2n) is 6.00. The summed E-state index contributed by atoms with van der Waals surface area (Å²) in [6.45, 7) is 9.17. The molecule has 1 aromatic carbocycles. The first kappa shape index (κ1) is 15.4. The third kappa shape index (κ3) is 2.54. The highest BCUT2D eigenvalue weighted by molar-refractivity contribution is 5.99. The average molecular weight is 311 g/mol. The fourth-order valence-electron chi connectivity index (χ4n) is 3.07. The summed E-state index contributed by atoms with van der Waals surface area (Å²) in [4.78, 5) is 12.0. The van der Waals surface area contributed by atoms with Crippen LogP contribution in [-0.4, -0.2) is 21.6 Å². The van der Waals surface area contributed by atoms with Gasteiger partial charge in [-0.05, 0) is 45.7 Å². The fraction of sp³-hybridized carbons (Fsp3) is 0.316. The lowest BCUT2D eigenvalue weighted by Crippen LogP contribution is -2.03. The van der Waals surface area contributed by atoms with Crippen molar-refractivity contribution in [2.24, 2.45) is 0 Å². The third-order valence-electron chi connectivity index (χ3n) is 4.28. The summed E-state index contributed by atoms with van der Waals surface area (Å²) in [7, 11) is 0. The van der Waals surface area contributed by atoms with Gasteiger partial charge in [0.2, 0.25) is 0 Å². The minimum absolute atomic E-state index is 0.0101. The molecule has 0 radical (unpaired) electrons. The Balaban J connectivity index is 2.19. The topological polar surface area (TPSA) is 51.5 Å². The van der Waals surface area contributed by atoms with E-state index >= 15 is 0 Å². The van der Waals surface area contributed by atoms with Crippen molar-refractivity contribution in [3.05, 3.63) is 47.3 Å². The molecule has 4 heteroatoms. The summed E-state index contributed by atoms with van der Waals surface area (Å²) in [6, 6.07) is 5.45. The van der Waals surface area contributed by atoms with Crippen molar-refractivity contribution in [1.82, 2.24) is 4.57 Å². The molecule has 1 heterocycles. The number of para-hydroxylation sites is 1. The first-order valence-corrected chi connectivity index (χ1v) is 7.80. The van der Waals surface area contributed by atoms with E-state index in [0.717, 1.165) is 29.8 Å². The van der Waals surface area contributed by atoms with Gasteiger partial charge in [0.25, 0.3) is 0 Å². The second kappa shape index (κ2) is 5.61. The Bertz CT molecular complexity index is 797. The van der Waals surface area contributed by atoms with Crippen molar-refractivity contribution >= 4 is 11.9 Å². The lowest BCUT2D eigenvalue weighted by molar-refractivity contribution is 0.101. The van der Waals surface area contributed by atoms with Crippen LogP contribution in [0.1, 0.15) is 47.1 Å². The number of benzene rings is 1. The average Bonchev–Trinajstić information content (AvgIpc) is 3.27. The van der Waals surface area contributed by atoms with Crippen LogP contribution in [0.15, 0.2) is 24.8 Å². The van der Waals surface area contributed by atoms with Crippen LogP contribution in [0.5, 0.6) is 11.5 Å². The Morgan fingerprint density at radius 2 is 2.04 bits per heavy atom. The number of ketones is 1. The Labute approximate surface area is 136 Å². The number of Topliss-reactive ketones (excluding diaryl/α,β-unsaturated/α-hetero) is 1. The number of ether oxygens (including phenoxy) is 1. The van der Waals surface area contributed by atoms with E-state index in [0.29, 0.717) is 17.0 Å². The second-order valence-corrected chi connectivity index (χ2v) is 6.00. The molecule has 1 fully saturated rings. The smallest absolute Gasteiger partial charge is 0.182 e. The van der Waals surface area contributed by atoms with Crippen molar-refractivity contribution in [1.29, 1.82) is 0 Å². The van der Waals surface area contributed by atoms with Crippen LogP contribution in [0.3, 0.4) is 0 Å². The number of hydrogen-bond acceptors (Lipinski definition) is 3. The molecule has 2 aromatic rings. The van der Waals surface area contributed by atoms with Crippen LogP contribution in [0.4, 0.5) is 0 Å². The summed E-state index contributed by atoms with van der Waals surface area (Å²) in [5.74, 6) is 0.581. The first-order valence-electron chi connectivity index (χ1n) is 7.80. The molecule has 1 saturated carbocycles. The Morgan fingerprint density at radius 3 is 2.57 bits per heavy atom. The predicted molar refractivity (Wildman–Crippen MR) is 90.7 cm³/mol. The van der Waals surface area contributed by atoms with Crippen molar-refractivity contribution in [2.75, 3.05) is 0 Å². The van der Waals surface area contributed by atoms with Crippen molar-refractivity contribution < 1.29 is 14.6 Å². The van der Waals surface area contributed by atoms with Gasteiger partial charge < -0.3 is 14.4 Å². The summed E-state index contributed by atoms with van der Waals surface area (Å²) in [6.07, 6.45) is 3.96. The van der Waals surface area contributed by atoms with Gasteiger partial charge in [-0.1, -0.05) is 18.7 Å². The Morgan fingerprint density at radius 1 is 1.35 bits per heavy atom. The molecule has 0 saturated heterocycles. The van der Waals surface area contributed by atoms with Gasteiger partial charge in [0.05, 0.1) is 11.8 Å². The van der Waals surface area contributed by atoms with Crippen molar-refractivity contribution in [3.63, 3.8) is 0 Å². The number of phenolic OH excluding ortho intramolecular Hbond substituents is 1. The molecule has 0 bridgehead atoms. The maximum atomic E-state index is 12.0. The number of rotatable bonds is 5. The molecule has 1 aliphatic carbocycles. The van der Waals surface area contributed by atoms with E-state index in [1.54, 1.807) is 19.1 Å². The van der Waals surface area contributed by atoms with Gasteiger partial charge in [0, 0.05) is 22.5 Å². The van der Waals surface area contributed by atoms with Gasteiger partial charge in [-0.2, -0.15) is 0 Å². The van der Waals surface area contributed by atoms with Crippen LogP contribution in [0.25, 0.3) is 11.8 Å². The van der Waals surface area contributed by atoms with Gasteiger partial charge in [-0.15, -0.1) is 0 Å². The van der Waals surface area contributed by atoms with Gasteiger partial charge in [-0.3, -0.25) is 4.79 Å². The maximum absolute atomic E-state index is 12.0. The number of carbonyl (C=O) groups is 1. The molecule has 0 unspecified atom stereocenters. The van der Waals surface area contributed by atoms with Gasteiger partial charge in [-0.25, -0.2) is 0 Å². The van der Waals surface area contributed by atoms with Crippen LogP contribution in [-0.2, 0) is 0 Å². The molecule has 1 aliphatic rings. The van der Waals surface area contributed by atoms with Crippen LogP contribution >= 0.6 is 0 Å². The Kier molecular flexibility index (Phi) is 3.76. The highest BCUT2D eigenvalue weighted by Crippen LogP contribution is 2.39. The van der Waals surface area contributed by atoms with E-state index in [9.17, 15) is 9.90 Å². The number of nitrogens with zero attached hydrogens (tertiary/aromatic N) is 1. The summed E-state index contributed by atoms with van der Waals surface area (Å²) in [5, 5.41) is 10.6. The number of carbonyl (C=O) groups excluding carboxylic acids is 1. The molecule has 23 heavy (non-hydrogen) atoms. The van der Waals surface area contributed by atoms with E-state index in [2.05, 4.69) is 6.58 Å². The number of aromatic hydroxyl groups is 1. The monoisotopic (exact) mass is 311 g/mol. The molecule has 120 valence electrons. The molecular weight excluding hydrogens is 290 g/mol. The van der Waals surface area contributed by atoms with E-state index < -0.39 is 0 Å². The molecular formula is C19H21NO3. The zero-order chi connectivity index (χ0) is 16.7. The fourth-order valence-corrected chi connectivity index (χ4v) is 3.07. The van der Waals surface area contributed by atoms with Gasteiger partial charge in [0.15, 0.2) is 17.3 Å².